The fraction of sp³-hybridized carbons (Fsp3) is 0.250. The summed E-state index contributed by atoms with van der Waals surface area (Å²) in [5.41, 5.74) is 1.06. The van der Waals surface area contributed by atoms with Gasteiger partial charge in [0.2, 0.25) is 0 Å². The molecule has 0 unspecified atom stereocenters. The van der Waals surface area contributed by atoms with Crippen molar-refractivity contribution in [3.63, 3.8) is 0 Å². The number of ether oxygens (including phenoxy) is 1. The molecule has 0 aliphatic heterocycles. The van der Waals surface area contributed by atoms with Crippen LogP contribution < -0.4 is 0 Å². The number of esters is 1. The first kappa shape index (κ1) is 11.7. The number of hydrogen-bond donors (Lipinski definition) is 0. The number of carbonyl (C=O) groups is 1. The van der Waals surface area contributed by atoms with Crippen molar-refractivity contribution in [2.75, 3.05) is 7.11 Å². The van der Waals surface area contributed by atoms with Crippen LogP contribution in [0, 0.1) is 28.6 Å². The monoisotopic (exact) mass is 214 g/mol. The summed E-state index contributed by atoms with van der Waals surface area (Å²) in [5.74, 6) is -1.20. The summed E-state index contributed by atoms with van der Waals surface area (Å²) in [6.45, 7) is 0. The van der Waals surface area contributed by atoms with Crippen molar-refractivity contribution in [3.8, 4) is 12.1 Å². The van der Waals surface area contributed by atoms with Gasteiger partial charge in [-0.3, -0.25) is 0 Å². The molecule has 0 spiro atoms. The molecule has 1 aromatic carbocycles. The zero-order valence-corrected chi connectivity index (χ0v) is 8.80. The topological polar surface area (TPSA) is 73.9 Å². The summed E-state index contributed by atoms with van der Waals surface area (Å²) in [6.07, 6.45) is 0.234. The molecule has 0 radical (unpaired) electrons. The fourth-order valence-electron chi connectivity index (χ4n) is 1.35. The Bertz CT molecular complexity index is 455. The standard InChI is InChI=1S/C12H10N2O2/c1-16-12(15)11-5-3-2-4-10(11)6-9(7-13)8-14/h2-5,9H,6H2,1H3. The first-order valence-corrected chi connectivity index (χ1v) is 4.68. The Hall–Kier alpha value is -2.33. The first-order valence-electron chi connectivity index (χ1n) is 4.68. The summed E-state index contributed by atoms with van der Waals surface area (Å²) in [6, 6.07) is 10.5. The van der Waals surface area contributed by atoms with Gasteiger partial charge in [-0.2, -0.15) is 10.5 Å². The van der Waals surface area contributed by atoms with Gasteiger partial charge in [-0.05, 0) is 11.6 Å². The van der Waals surface area contributed by atoms with E-state index in [2.05, 4.69) is 4.74 Å². The summed E-state index contributed by atoms with van der Waals surface area (Å²) in [4.78, 5) is 11.4. The third kappa shape index (κ3) is 2.59. The van der Waals surface area contributed by atoms with E-state index in [1.165, 1.54) is 7.11 Å². The van der Waals surface area contributed by atoms with E-state index in [-0.39, 0.29) is 6.42 Å². The highest BCUT2D eigenvalue weighted by Gasteiger charge is 2.14. The van der Waals surface area contributed by atoms with Gasteiger partial charge >= 0.3 is 5.97 Å². The summed E-state index contributed by atoms with van der Waals surface area (Å²) < 4.78 is 4.62. The van der Waals surface area contributed by atoms with Crippen LogP contribution in [0.25, 0.3) is 0 Å². The molecule has 1 rings (SSSR count). The van der Waals surface area contributed by atoms with Gasteiger partial charge < -0.3 is 4.74 Å². The molecule has 0 N–H and O–H groups in total. The lowest BCUT2D eigenvalue weighted by molar-refractivity contribution is 0.0599. The molecule has 0 saturated heterocycles. The molecule has 16 heavy (non-hydrogen) atoms. The minimum absolute atomic E-state index is 0.234. The Balaban J connectivity index is 3.01. The highest BCUT2D eigenvalue weighted by atomic mass is 16.5. The van der Waals surface area contributed by atoms with Crippen molar-refractivity contribution in [1.82, 2.24) is 0 Å². The number of methoxy groups -OCH3 is 1. The molecule has 0 aliphatic carbocycles. The molecular weight excluding hydrogens is 204 g/mol. The van der Waals surface area contributed by atoms with E-state index in [9.17, 15) is 4.79 Å². The lowest BCUT2D eigenvalue weighted by atomic mass is 9.97. The van der Waals surface area contributed by atoms with E-state index < -0.39 is 11.9 Å². The highest BCUT2D eigenvalue weighted by Crippen LogP contribution is 2.14. The van der Waals surface area contributed by atoms with E-state index in [0.29, 0.717) is 11.1 Å². The van der Waals surface area contributed by atoms with Crippen LogP contribution in [0.3, 0.4) is 0 Å². The lowest BCUT2D eigenvalue weighted by Gasteiger charge is -2.07. The van der Waals surface area contributed by atoms with Crippen molar-refractivity contribution in [2.24, 2.45) is 5.92 Å². The van der Waals surface area contributed by atoms with Crippen molar-refractivity contribution in [1.29, 1.82) is 10.5 Å². The Morgan fingerprint density at radius 2 is 2.00 bits per heavy atom. The predicted molar refractivity (Wildman–Crippen MR) is 56.2 cm³/mol. The Morgan fingerprint density at radius 1 is 1.38 bits per heavy atom. The molecule has 1 aromatic rings. The van der Waals surface area contributed by atoms with Crippen LogP contribution in [-0.2, 0) is 11.2 Å². The van der Waals surface area contributed by atoms with Crippen LogP contribution in [-0.4, -0.2) is 13.1 Å². The third-order valence-electron chi connectivity index (χ3n) is 2.16. The second-order valence-corrected chi connectivity index (χ2v) is 3.16. The average molecular weight is 214 g/mol. The SMILES string of the molecule is COC(=O)c1ccccc1CC(C#N)C#N. The second kappa shape index (κ2) is 5.53. The van der Waals surface area contributed by atoms with Gasteiger partial charge in [0.25, 0.3) is 0 Å². The second-order valence-electron chi connectivity index (χ2n) is 3.16. The van der Waals surface area contributed by atoms with Gasteiger partial charge in [-0.1, -0.05) is 18.2 Å². The van der Waals surface area contributed by atoms with E-state index in [1.54, 1.807) is 24.3 Å². The molecule has 0 saturated carbocycles. The number of nitrogens with zero attached hydrogens (tertiary/aromatic N) is 2. The Kier molecular flexibility index (Phi) is 4.06. The van der Waals surface area contributed by atoms with Crippen LogP contribution in [0.2, 0.25) is 0 Å². The summed E-state index contributed by atoms with van der Waals surface area (Å²) in [5, 5.41) is 17.4. The molecule has 0 aliphatic rings. The number of nitriles is 2. The number of hydrogen-bond acceptors (Lipinski definition) is 4. The highest BCUT2D eigenvalue weighted by molar-refractivity contribution is 5.91. The zero-order chi connectivity index (χ0) is 12.0. The van der Waals surface area contributed by atoms with Crippen LogP contribution >= 0.6 is 0 Å². The molecule has 0 atom stereocenters. The van der Waals surface area contributed by atoms with E-state index in [0.717, 1.165) is 0 Å². The van der Waals surface area contributed by atoms with Gasteiger partial charge in [0.15, 0.2) is 0 Å². The maximum atomic E-state index is 11.4. The number of rotatable bonds is 3. The minimum atomic E-state index is -0.745. The molecule has 0 heterocycles. The smallest absolute Gasteiger partial charge is 0.338 e. The Labute approximate surface area is 93.7 Å². The molecular formula is C12H10N2O2. The molecule has 4 nitrogen and oxygen atoms in total. The maximum Gasteiger partial charge on any atom is 0.338 e. The summed E-state index contributed by atoms with van der Waals surface area (Å²) >= 11 is 0. The quantitative estimate of drug-likeness (QED) is 0.717. The van der Waals surface area contributed by atoms with Crippen molar-refractivity contribution in [3.05, 3.63) is 35.4 Å². The van der Waals surface area contributed by atoms with Crippen molar-refractivity contribution < 1.29 is 9.53 Å². The van der Waals surface area contributed by atoms with Gasteiger partial charge in [-0.15, -0.1) is 0 Å². The van der Waals surface area contributed by atoms with Crippen molar-refractivity contribution in [2.45, 2.75) is 6.42 Å². The van der Waals surface area contributed by atoms with Crippen molar-refractivity contribution >= 4 is 5.97 Å². The van der Waals surface area contributed by atoms with E-state index in [1.807, 2.05) is 12.1 Å². The maximum absolute atomic E-state index is 11.4. The molecule has 0 amide bonds. The zero-order valence-electron chi connectivity index (χ0n) is 8.80. The lowest BCUT2D eigenvalue weighted by Crippen LogP contribution is -2.08. The molecule has 0 fully saturated rings. The number of benzene rings is 1. The molecule has 4 heteroatoms. The first-order chi connectivity index (χ1) is 7.72. The minimum Gasteiger partial charge on any atom is -0.465 e. The number of carbonyl (C=O) groups excluding carboxylic acids is 1. The van der Waals surface area contributed by atoms with Gasteiger partial charge in [0, 0.05) is 6.42 Å². The normalized spacial score (nSPS) is 9.25. The predicted octanol–water partition coefficient (Wildman–Crippen LogP) is 1.68. The summed E-state index contributed by atoms with van der Waals surface area (Å²) in [7, 11) is 1.30. The van der Waals surface area contributed by atoms with E-state index >= 15 is 0 Å². The fourth-order valence-corrected chi connectivity index (χ4v) is 1.35. The average Bonchev–Trinajstić information content (AvgIpc) is 2.35. The van der Waals surface area contributed by atoms with Gasteiger partial charge in [0.1, 0.15) is 5.92 Å². The van der Waals surface area contributed by atoms with E-state index in [4.69, 9.17) is 10.5 Å². The molecule has 80 valence electrons. The van der Waals surface area contributed by atoms with Gasteiger partial charge in [0.05, 0.1) is 24.8 Å². The largest absolute Gasteiger partial charge is 0.465 e. The third-order valence-corrected chi connectivity index (χ3v) is 2.16. The van der Waals surface area contributed by atoms with Gasteiger partial charge in [-0.25, -0.2) is 4.79 Å². The van der Waals surface area contributed by atoms with Crippen LogP contribution in [0.5, 0.6) is 0 Å². The molecule has 0 aromatic heterocycles. The van der Waals surface area contributed by atoms with Crippen LogP contribution in [0.4, 0.5) is 0 Å². The van der Waals surface area contributed by atoms with Crippen LogP contribution in [0.15, 0.2) is 24.3 Å². The Morgan fingerprint density at radius 3 is 2.56 bits per heavy atom. The van der Waals surface area contributed by atoms with Crippen LogP contribution in [0.1, 0.15) is 15.9 Å². The molecule has 0 bridgehead atoms.